The van der Waals surface area contributed by atoms with E-state index in [-0.39, 0.29) is 12.4 Å². The monoisotopic (exact) mass is 210 g/mol. The molecule has 0 radical (unpaired) electrons. The number of hydrogen-bond donors (Lipinski definition) is 0. The lowest BCUT2D eigenvalue weighted by Gasteiger charge is -2.31. The summed E-state index contributed by atoms with van der Waals surface area (Å²) in [4.78, 5) is 34.8. The molecule has 1 fully saturated rings. The van der Waals surface area contributed by atoms with Gasteiger partial charge in [0.2, 0.25) is 5.78 Å². The van der Waals surface area contributed by atoms with Crippen molar-refractivity contribution in [3.8, 4) is 0 Å². The predicted octanol–water partition coefficient (Wildman–Crippen LogP) is -0.00970. The van der Waals surface area contributed by atoms with Crippen LogP contribution in [0.15, 0.2) is 12.3 Å². The van der Waals surface area contributed by atoms with E-state index in [0.29, 0.717) is 0 Å². The third-order valence-electron chi connectivity index (χ3n) is 3.14. The standard InChI is InChI=1S/C10H10O5/c1-6(11)9(2)5-14-8(13)10(9)7(12)3-4-15-10/h3-4H,5H2,1-2H3. The Labute approximate surface area is 86.0 Å². The minimum absolute atomic E-state index is 0.116. The van der Waals surface area contributed by atoms with Gasteiger partial charge in [0.05, 0.1) is 6.26 Å². The Morgan fingerprint density at radius 1 is 1.47 bits per heavy atom. The Balaban J connectivity index is 2.56. The molecule has 2 aliphatic heterocycles. The number of ether oxygens (including phenoxy) is 2. The molecule has 2 atom stereocenters. The minimum atomic E-state index is -1.78. The van der Waals surface area contributed by atoms with Crippen molar-refractivity contribution < 1.29 is 23.9 Å². The van der Waals surface area contributed by atoms with Crippen molar-refractivity contribution >= 4 is 17.5 Å². The van der Waals surface area contributed by atoms with Crippen molar-refractivity contribution in [2.24, 2.45) is 5.41 Å². The zero-order chi connectivity index (χ0) is 11.3. The SMILES string of the molecule is CC(=O)C1(C)COC(=O)C12OC=CC2=O. The van der Waals surface area contributed by atoms with Gasteiger partial charge in [-0.15, -0.1) is 0 Å². The van der Waals surface area contributed by atoms with Gasteiger partial charge in [0.25, 0.3) is 5.60 Å². The maximum Gasteiger partial charge on any atom is 0.360 e. The summed E-state index contributed by atoms with van der Waals surface area (Å²) in [6.45, 7) is 2.71. The summed E-state index contributed by atoms with van der Waals surface area (Å²) in [5.74, 6) is -1.61. The topological polar surface area (TPSA) is 69.7 Å². The molecule has 15 heavy (non-hydrogen) atoms. The average molecular weight is 210 g/mol. The number of rotatable bonds is 1. The van der Waals surface area contributed by atoms with Crippen molar-refractivity contribution in [3.05, 3.63) is 12.3 Å². The molecule has 2 aliphatic rings. The number of ketones is 2. The van der Waals surface area contributed by atoms with E-state index in [4.69, 9.17) is 9.47 Å². The average Bonchev–Trinajstić information content (AvgIpc) is 2.66. The second-order valence-electron chi connectivity index (χ2n) is 3.93. The fraction of sp³-hybridized carbons (Fsp3) is 0.500. The quantitative estimate of drug-likeness (QED) is 0.449. The molecular weight excluding hydrogens is 200 g/mol. The predicted molar refractivity (Wildman–Crippen MR) is 47.7 cm³/mol. The lowest BCUT2D eigenvalue weighted by atomic mass is 9.71. The normalized spacial score (nSPS) is 38.3. The second kappa shape index (κ2) is 2.68. The first-order valence-electron chi connectivity index (χ1n) is 4.52. The van der Waals surface area contributed by atoms with Crippen LogP contribution in [0.25, 0.3) is 0 Å². The number of hydrogen-bond acceptors (Lipinski definition) is 5. The first-order chi connectivity index (χ1) is 6.95. The van der Waals surface area contributed by atoms with E-state index < -0.39 is 22.8 Å². The molecule has 0 saturated carbocycles. The molecule has 80 valence electrons. The molecule has 0 amide bonds. The third-order valence-corrected chi connectivity index (χ3v) is 3.14. The van der Waals surface area contributed by atoms with Gasteiger partial charge in [-0.05, 0) is 13.8 Å². The van der Waals surface area contributed by atoms with Crippen LogP contribution in [-0.4, -0.2) is 29.7 Å². The largest absolute Gasteiger partial charge is 0.473 e. The van der Waals surface area contributed by atoms with Gasteiger partial charge in [-0.2, -0.15) is 0 Å². The first-order valence-corrected chi connectivity index (χ1v) is 4.52. The molecule has 0 aliphatic carbocycles. The smallest absolute Gasteiger partial charge is 0.360 e. The fourth-order valence-electron chi connectivity index (χ4n) is 1.91. The van der Waals surface area contributed by atoms with Crippen LogP contribution >= 0.6 is 0 Å². The number of Topliss-reactive ketones (excluding diaryl/α,β-unsaturated/α-hetero) is 1. The molecule has 5 heteroatoms. The molecule has 5 nitrogen and oxygen atoms in total. The van der Waals surface area contributed by atoms with E-state index >= 15 is 0 Å². The summed E-state index contributed by atoms with van der Waals surface area (Å²) in [5.41, 5.74) is -3.01. The maximum atomic E-state index is 11.7. The summed E-state index contributed by atoms with van der Waals surface area (Å²) < 4.78 is 9.87. The van der Waals surface area contributed by atoms with Crippen molar-refractivity contribution in [1.82, 2.24) is 0 Å². The van der Waals surface area contributed by atoms with Crippen LogP contribution in [0.5, 0.6) is 0 Å². The zero-order valence-electron chi connectivity index (χ0n) is 8.40. The fourth-order valence-corrected chi connectivity index (χ4v) is 1.91. The molecule has 1 saturated heterocycles. The molecular formula is C10H10O5. The molecule has 2 heterocycles. The van der Waals surface area contributed by atoms with E-state index in [1.807, 2.05) is 0 Å². The first kappa shape index (κ1) is 9.89. The Morgan fingerprint density at radius 3 is 2.60 bits per heavy atom. The summed E-state index contributed by atoms with van der Waals surface area (Å²) >= 11 is 0. The molecule has 0 bridgehead atoms. The molecule has 0 aromatic rings. The summed E-state index contributed by atoms with van der Waals surface area (Å²) in [5, 5.41) is 0. The van der Waals surface area contributed by atoms with Crippen molar-refractivity contribution in [2.75, 3.05) is 6.61 Å². The van der Waals surface area contributed by atoms with Gasteiger partial charge in [0, 0.05) is 6.08 Å². The molecule has 0 N–H and O–H groups in total. The highest BCUT2D eigenvalue weighted by molar-refractivity contribution is 6.19. The lowest BCUT2D eigenvalue weighted by molar-refractivity contribution is -0.163. The molecule has 0 aromatic carbocycles. The highest BCUT2D eigenvalue weighted by atomic mass is 16.6. The van der Waals surface area contributed by atoms with E-state index in [2.05, 4.69) is 0 Å². The van der Waals surface area contributed by atoms with E-state index in [1.165, 1.54) is 13.8 Å². The van der Waals surface area contributed by atoms with E-state index in [1.54, 1.807) is 0 Å². The van der Waals surface area contributed by atoms with Gasteiger partial charge < -0.3 is 9.47 Å². The van der Waals surface area contributed by atoms with Crippen molar-refractivity contribution in [2.45, 2.75) is 19.4 Å². The number of esters is 1. The molecule has 1 spiro atoms. The number of carbonyl (C=O) groups is 3. The Bertz CT molecular complexity index is 397. The van der Waals surface area contributed by atoms with Gasteiger partial charge in [0.1, 0.15) is 17.8 Å². The van der Waals surface area contributed by atoms with Gasteiger partial charge in [-0.1, -0.05) is 0 Å². The third kappa shape index (κ3) is 0.900. The maximum absolute atomic E-state index is 11.7. The summed E-state index contributed by atoms with van der Waals surface area (Å²) in [7, 11) is 0. The van der Waals surface area contributed by atoms with Crippen LogP contribution in [0.3, 0.4) is 0 Å². The molecule has 2 unspecified atom stereocenters. The summed E-state index contributed by atoms with van der Waals surface area (Å²) in [6.07, 6.45) is 2.28. The van der Waals surface area contributed by atoms with E-state index in [0.717, 1.165) is 12.3 Å². The number of carbonyl (C=O) groups excluding carboxylic acids is 3. The van der Waals surface area contributed by atoms with Crippen molar-refractivity contribution in [1.29, 1.82) is 0 Å². The van der Waals surface area contributed by atoms with Crippen LogP contribution in [0.2, 0.25) is 0 Å². The van der Waals surface area contributed by atoms with Gasteiger partial charge >= 0.3 is 5.97 Å². The highest BCUT2D eigenvalue weighted by Crippen LogP contribution is 2.45. The number of cyclic esters (lactones) is 1. The van der Waals surface area contributed by atoms with Crippen molar-refractivity contribution in [3.63, 3.8) is 0 Å². The van der Waals surface area contributed by atoms with Crippen LogP contribution in [-0.2, 0) is 23.9 Å². The minimum Gasteiger partial charge on any atom is -0.473 e. The van der Waals surface area contributed by atoms with Crippen LogP contribution in [0, 0.1) is 5.41 Å². The van der Waals surface area contributed by atoms with Crippen LogP contribution in [0.1, 0.15) is 13.8 Å². The molecule has 0 aromatic heterocycles. The van der Waals surface area contributed by atoms with Gasteiger partial charge in [-0.25, -0.2) is 4.79 Å². The molecule has 2 rings (SSSR count). The van der Waals surface area contributed by atoms with Gasteiger partial charge in [-0.3, -0.25) is 9.59 Å². The zero-order valence-corrected chi connectivity index (χ0v) is 8.40. The van der Waals surface area contributed by atoms with Crippen LogP contribution < -0.4 is 0 Å². The second-order valence-corrected chi connectivity index (χ2v) is 3.93. The highest BCUT2D eigenvalue weighted by Gasteiger charge is 2.70. The van der Waals surface area contributed by atoms with E-state index in [9.17, 15) is 14.4 Å². The summed E-state index contributed by atoms with van der Waals surface area (Å²) in [6, 6.07) is 0. The van der Waals surface area contributed by atoms with Gasteiger partial charge in [0.15, 0.2) is 0 Å². The van der Waals surface area contributed by atoms with Crippen LogP contribution in [0.4, 0.5) is 0 Å². The Hall–Kier alpha value is -1.65. The Kier molecular flexibility index (Phi) is 1.77. The lowest BCUT2D eigenvalue weighted by Crippen LogP contribution is -2.56. The Morgan fingerprint density at radius 2 is 2.13 bits per heavy atom.